The molecule has 0 saturated carbocycles. The van der Waals surface area contributed by atoms with E-state index in [0.29, 0.717) is 18.0 Å². The van der Waals surface area contributed by atoms with Crippen LogP contribution in [0, 0.1) is 0 Å². The molecule has 0 spiro atoms. The Morgan fingerprint density at radius 3 is 2.80 bits per heavy atom. The first-order chi connectivity index (χ1) is 9.33. The molecule has 0 aromatic carbocycles. The highest BCUT2D eigenvalue weighted by molar-refractivity contribution is 6.01. The standard InChI is InChI=1S/C12H17N5O3/c1-12(2)6(4-5-7(18)20-3)14-8-9(17-12)15-11(13)16-10(8)19/h4-5H2,1-3H3,(H4,13,15,16,17,19). The van der Waals surface area contributed by atoms with Crippen molar-refractivity contribution >= 4 is 29.1 Å². The number of methoxy groups -OCH3 is 1. The Morgan fingerprint density at radius 1 is 1.45 bits per heavy atom. The number of fused-ring (bicyclic) bond motifs is 1. The molecule has 0 bridgehead atoms. The van der Waals surface area contributed by atoms with E-state index in [1.807, 2.05) is 13.8 Å². The third-order valence-corrected chi connectivity index (χ3v) is 3.11. The van der Waals surface area contributed by atoms with Gasteiger partial charge in [0.25, 0.3) is 5.56 Å². The summed E-state index contributed by atoms with van der Waals surface area (Å²) >= 11 is 0. The zero-order valence-electron chi connectivity index (χ0n) is 11.6. The van der Waals surface area contributed by atoms with Crippen LogP contribution in [0.2, 0.25) is 0 Å². The predicted octanol–water partition coefficient (Wildman–Crippen LogP) is 0.582. The summed E-state index contributed by atoms with van der Waals surface area (Å²) in [5.41, 5.74) is 5.44. The zero-order valence-corrected chi connectivity index (χ0v) is 11.6. The van der Waals surface area contributed by atoms with E-state index in [0.717, 1.165) is 0 Å². The van der Waals surface area contributed by atoms with Crippen LogP contribution in [0.1, 0.15) is 26.7 Å². The number of nitrogens with two attached hydrogens (primary N) is 1. The van der Waals surface area contributed by atoms with E-state index in [1.54, 1.807) is 0 Å². The van der Waals surface area contributed by atoms with Crippen molar-refractivity contribution in [1.29, 1.82) is 0 Å². The van der Waals surface area contributed by atoms with Crippen molar-refractivity contribution in [2.75, 3.05) is 18.2 Å². The van der Waals surface area contributed by atoms with Gasteiger partial charge in [-0.3, -0.25) is 14.6 Å². The van der Waals surface area contributed by atoms with Crippen LogP contribution in [0.3, 0.4) is 0 Å². The summed E-state index contributed by atoms with van der Waals surface area (Å²) in [6.07, 6.45) is 0.603. The smallest absolute Gasteiger partial charge is 0.305 e. The van der Waals surface area contributed by atoms with E-state index < -0.39 is 11.1 Å². The Labute approximate surface area is 115 Å². The number of H-pyrrole nitrogens is 1. The Balaban J connectivity index is 2.37. The summed E-state index contributed by atoms with van der Waals surface area (Å²) in [7, 11) is 1.33. The highest BCUT2D eigenvalue weighted by atomic mass is 16.5. The Hall–Kier alpha value is -2.38. The highest BCUT2D eigenvalue weighted by Crippen LogP contribution is 2.30. The van der Waals surface area contributed by atoms with Gasteiger partial charge in [-0.05, 0) is 20.3 Å². The molecule has 0 fully saturated rings. The Bertz CT molecular complexity index is 632. The molecule has 20 heavy (non-hydrogen) atoms. The number of aromatic nitrogens is 2. The lowest BCUT2D eigenvalue weighted by Crippen LogP contribution is -2.43. The molecular formula is C12H17N5O3. The quantitative estimate of drug-likeness (QED) is 0.696. The zero-order chi connectivity index (χ0) is 14.9. The van der Waals surface area contributed by atoms with Gasteiger partial charge in [-0.1, -0.05) is 0 Å². The number of esters is 1. The average molecular weight is 279 g/mol. The van der Waals surface area contributed by atoms with Crippen molar-refractivity contribution in [3.8, 4) is 0 Å². The summed E-state index contributed by atoms with van der Waals surface area (Å²) in [5, 5.41) is 3.12. The fourth-order valence-electron chi connectivity index (χ4n) is 2.01. The van der Waals surface area contributed by atoms with Crippen molar-refractivity contribution < 1.29 is 9.53 Å². The molecule has 2 heterocycles. The van der Waals surface area contributed by atoms with Crippen LogP contribution in [0.15, 0.2) is 9.79 Å². The molecule has 2 rings (SSSR count). The molecule has 1 aliphatic heterocycles. The second-order valence-electron chi connectivity index (χ2n) is 5.03. The average Bonchev–Trinajstić information content (AvgIpc) is 2.34. The van der Waals surface area contributed by atoms with Crippen molar-refractivity contribution in [1.82, 2.24) is 9.97 Å². The summed E-state index contributed by atoms with van der Waals surface area (Å²) in [6, 6.07) is 0. The van der Waals surface area contributed by atoms with Crippen LogP contribution in [0.5, 0.6) is 0 Å². The van der Waals surface area contributed by atoms with Gasteiger partial charge in [0.05, 0.1) is 19.1 Å². The number of nitrogens with one attached hydrogen (secondary N) is 2. The molecule has 8 nitrogen and oxygen atoms in total. The van der Waals surface area contributed by atoms with Crippen LogP contribution in [-0.2, 0) is 9.53 Å². The maximum absolute atomic E-state index is 11.8. The highest BCUT2D eigenvalue weighted by Gasteiger charge is 2.32. The number of carbonyl (C=O) groups excluding carboxylic acids is 1. The van der Waals surface area contributed by atoms with Crippen LogP contribution in [0.4, 0.5) is 17.5 Å². The number of rotatable bonds is 3. The number of hydrogen-bond acceptors (Lipinski definition) is 7. The molecule has 0 radical (unpaired) electrons. The SMILES string of the molecule is COC(=O)CCC1=Nc2c(nc(N)[nH]c2=O)NC1(C)C. The van der Waals surface area contributed by atoms with Crippen LogP contribution in [-0.4, -0.2) is 34.3 Å². The first kappa shape index (κ1) is 14.0. The van der Waals surface area contributed by atoms with E-state index in [9.17, 15) is 9.59 Å². The fraction of sp³-hybridized carbons (Fsp3) is 0.500. The second-order valence-corrected chi connectivity index (χ2v) is 5.03. The van der Waals surface area contributed by atoms with Gasteiger partial charge < -0.3 is 15.8 Å². The lowest BCUT2D eigenvalue weighted by molar-refractivity contribution is -0.140. The number of carbonyl (C=O) groups is 1. The van der Waals surface area contributed by atoms with Gasteiger partial charge in [-0.15, -0.1) is 0 Å². The Morgan fingerprint density at radius 2 is 2.15 bits per heavy atom. The number of aromatic amines is 1. The lowest BCUT2D eigenvalue weighted by atomic mass is 9.92. The van der Waals surface area contributed by atoms with Gasteiger partial charge in [-0.2, -0.15) is 4.98 Å². The maximum Gasteiger partial charge on any atom is 0.305 e. The first-order valence-corrected chi connectivity index (χ1v) is 6.16. The molecule has 8 heteroatoms. The largest absolute Gasteiger partial charge is 0.469 e. The van der Waals surface area contributed by atoms with Crippen molar-refractivity contribution in [3.05, 3.63) is 10.4 Å². The third kappa shape index (κ3) is 2.63. The topological polar surface area (TPSA) is 122 Å². The summed E-state index contributed by atoms with van der Waals surface area (Å²) in [6.45, 7) is 3.79. The van der Waals surface area contributed by atoms with Crippen LogP contribution < -0.4 is 16.6 Å². The van der Waals surface area contributed by atoms with Gasteiger partial charge >= 0.3 is 5.97 Å². The minimum absolute atomic E-state index is 0.0326. The number of hydrogen-bond donors (Lipinski definition) is 3. The molecule has 0 unspecified atom stereocenters. The predicted molar refractivity (Wildman–Crippen MR) is 75.3 cm³/mol. The van der Waals surface area contributed by atoms with Gasteiger partial charge in [0.15, 0.2) is 11.5 Å². The number of nitrogen functional groups attached to an aromatic ring is 1. The minimum Gasteiger partial charge on any atom is -0.469 e. The van der Waals surface area contributed by atoms with Crippen molar-refractivity contribution in [2.45, 2.75) is 32.2 Å². The molecule has 1 aromatic heterocycles. The van der Waals surface area contributed by atoms with Gasteiger partial charge in [0, 0.05) is 5.71 Å². The monoisotopic (exact) mass is 279 g/mol. The van der Waals surface area contributed by atoms with Gasteiger partial charge in [0.1, 0.15) is 0 Å². The second kappa shape index (κ2) is 4.95. The number of nitrogens with zero attached hydrogens (tertiary/aromatic N) is 2. The number of ether oxygens (including phenoxy) is 1. The van der Waals surface area contributed by atoms with Gasteiger partial charge in [0.2, 0.25) is 5.95 Å². The van der Waals surface area contributed by atoms with E-state index in [-0.39, 0.29) is 24.0 Å². The normalized spacial score (nSPS) is 15.8. The first-order valence-electron chi connectivity index (χ1n) is 6.16. The summed E-state index contributed by atoms with van der Waals surface area (Å²) in [5.74, 6) is 0.0574. The van der Waals surface area contributed by atoms with E-state index >= 15 is 0 Å². The summed E-state index contributed by atoms with van der Waals surface area (Å²) < 4.78 is 4.61. The fourth-order valence-corrected chi connectivity index (χ4v) is 2.01. The lowest BCUT2D eigenvalue weighted by Gasteiger charge is -2.32. The van der Waals surface area contributed by atoms with E-state index in [2.05, 4.69) is 25.0 Å². The van der Waals surface area contributed by atoms with E-state index in [1.165, 1.54) is 7.11 Å². The molecule has 0 aliphatic carbocycles. The van der Waals surface area contributed by atoms with Crippen LogP contribution >= 0.6 is 0 Å². The molecule has 1 aromatic rings. The van der Waals surface area contributed by atoms with Crippen molar-refractivity contribution in [3.63, 3.8) is 0 Å². The molecule has 108 valence electrons. The number of anilines is 2. The van der Waals surface area contributed by atoms with Crippen molar-refractivity contribution in [2.24, 2.45) is 4.99 Å². The van der Waals surface area contributed by atoms with E-state index in [4.69, 9.17) is 5.73 Å². The summed E-state index contributed by atoms with van der Waals surface area (Å²) in [4.78, 5) is 33.8. The minimum atomic E-state index is -0.520. The molecule has 0 saturated heterocycles. The number of aliphatic imine (C=N–C) groups is 1. The van der Waals surface area contributed by atoms with Gasteiger partial charge in [-0.25, -0.2) is 4.99 Å². The molecule has 4 N–H and O–H groups in total. The molecular weight excluding hydrogens is 262 g/mol. The van der Waals surface area contributed by atoms with Crippen LogP contribution in [0.25, 0.3) is 0 Å². The third-order valence-electron chi connectivity index (χ3n) is 3.11. The molecule has 1 aliphatic rings. The maximum atomic E-state index is 11.8. The Kier molecular flexibility index (Phi) is 3.47. The molecule has 0 amide bonds. The molecule has 0 atom stereocenters.